The molecule has 51 heavy (non-hydrogen) atoms. The normalized spacial score (nSPS) is 11.9. The molecule has 3 nitrogen and oxygen atoms in total. The Morgan fingerprint density at radius 3 is 1.67 bits per heavy atom. The van der Waals surface area contributed by atoms with Crippen LogP contribution in [0.2, 0.25) is 0 Å². The molecule has 0 radical (unpaired) electrons. The van der Waals surface area contributed by atoms with Crippen LogP contribution in [0.25, 0.3) is 105 Å². The third kappa shape index (κ3) is 4.25. The van der Waals surface area contributed by atoms with E-state index in [0.29, 0.717) is 0 Å². The van der Waals surface area contributed by atoms with Crippen LogP contribution in [-0.4, -0.2) is 4.57 Å². The molecule has 0 atom stereocenters. The Kier molecular flexibility index (Phi) is 5.96. The van der Waals surface area contributed by atoms with Gasteiger partial charge in [-0.25, -0.2) is 0 Å². The van der Waals surface area contributed by atoms with Crippen molar-refractivity contribution in [2.45, 2.75) is 0 Å². The van der Waals surface area contributed by atoms with Gasteiger partial charge in [-0.1, -0.05) is 115 Å². The van der Waals surface area contributed by atoms with Gasteiger partial charge >= 0.3 is 0 Å². The molecule has 0 spiro atoms. The van der Waals surface area contributed by atoms with Crippen LogP contribution in [0.1, 0.15) is 0 Å². The molecule has 8 aromatic carbocycles. The minimum absolute atomic E-state index is 0.825. The zero-order valence-corrected chi connectivity index (χ0v) is 27.5. The van der Waals surface area contributed by atoms with Gasteiger partial charge in [0, 0.05) is 32.6 Å². The molecule has 0 saturated carbocycles. The molecule has 11 rings (SSSR count). The summed E-state index contributed by atoms with van der Waals surface area (Å²) in [5.74, 6) is 0. The number of furan rings is 2. The fourth-order valence-corrected chi connectivity index (χ4v) is 8.06. The molecule has 0 saturated heterocycles. The van der Waals surface area contributed by atoms with E-state index in [-0.39, 0.29) is 0 Å². The maximum absolute atomic E-state index is 6.52. The molecule has 0 aliphatic carbocycles. The summed E-state index contributed by atoms with van der Waals surface area (Å²) in [6.07, 6.45) is 0. The van der Waals surface area contributed by atoms with Crippen molar-refractivity contribution in [3.05, 3.63) is 176 Å². The molecule has 11 aromatic rings. The van der Waals surface area contributed by atoms with Gasteiger partial charge in [-0.2, -0.15) is 0 Å². The molecule has 238 valence electrons. The highest BCUT2D eigenvalue weighted by atomic mass is 16.3. The number of hydrogen-bond acceptors (Lipinski definition) is 2. The second-order valence-electron chi connectivity index (χ2n) is 13.3. The van der Waals surface area contributed by atoms with Crippen LogP contribution in [0.3, 0.4) is 0 Å². The summed E-state index contributed by atoms with van der Waals surface area (Å²) in [6, 6.07) is 62.6. The Balaban J connectivity index is 1.15. The lowest BCUT2D eigenvalue weighted by atomic mass is 9.98. The summed E-state index contributed by atoms with van der Waals surface area (Å²) in [5, 5.41) is 6.74. The molecule has 0 aliphatic heterocycles. The first-order valence-corrected chi connectivity index (χ1v) is 17.3. The molecular formula is C48H29NO2. The first kappa shape index (κ1) is 28.0. The molecule has 0 aliphatic rings. The number of fused-ring (bicyclic) bond motifs is 10. The molecule has 3 heteroatoms. The second-order valence-corrected chi connectivity index (χ2v) is 13.3. The third-order valence-electron chi connectivity index (χ3n) is 10.4. The van der Waals surface area contributed by atoms with Gasteiger partial charge in [0.15, 0.2) is 0 Å². The van der Waals surface area contributed by atoms with Crippen molar-refractivity contribution in [1.29, 1.82) is 0 Å². The summed E-state index contributed by atoms with van der Waals surface area (Å²) in [7, 11) is 0. The average Bonchev–Trinajstić information content (AvgIpc) is 3.87. The molecule has 0 amide bonds. The van der Waals surface area contributed by atoms with Crippen molar-refractivity contribution in [2.24, 2.45) is 0 Å². The van der Waals surface area contributed by atoms with E-state index in [1.165, 1.54) is 44.1 Å². The Morgan fingerprint density at radius 2 is 0.941 bits per heavy atom. The van der Waals surface area contributed by atoms with E-state index in [9.17, 15) is 0 Å². The Hall–Kier alpha value is -6.84. The predicted octanol–water partition coefficient (Wildman–Crippen LogP) is 13.6. The smallest absolute Gasteiger partial charge is 0.147 e. The fourth-order valence-electron chi connectivity index (χ4n) is 8.06. The van der Waals surface area contributed by atoms with Crippen LogP contribution in [0.5, 0.6) is 0 Å². The molecule has 3 aromatic heterocycles. The van der Waals surface area contributed by atoms with Gasteiger partial charge < -0.3 is 13.4 Å². The molecule has 0 bridgehead atoms. The number of hydrogen-bond donors (Lipinski definition) is 0. The van der Waals surface area contributed by atoms with Crippen molar-refractivity contribution in [3.63, 3.8) is 0 Å². The van der Waals surface area contributed by atoms with Crippen LogP contribution in [-0.2, 0) is 0 Å². The van der Waals surface area contributed by atoms with Crippen molar-refractivity contribution >= 4 is 65.7 Å². The van der Waals surface area contributed by atoms with Crippen LogP contribution in [0.4, 0.5) is 0 Å². The lowest BCUT2D eigenvalue weighted by Crippen LogP contribution is -1.94. The zero-order chi connectivity index (χ0) is 33.5. The molecule has 0 fully saturated rings. The topological polar surface area (TPSA) is 31.2 Å². The third-order valence-corrected chi connectivity index (χ3v) is 10.4. The maximum atomic E-state index is 6.52. The van der Waals surface area contributed by atoms with E-state index in [4.69, 9.17) is 8.83 Å². The van der Waals surface area contributed by atoms with E-state index in [0.717, 1.165) is 60.7 Å². The van der Waals surface area contributed by atoms with E-state index in [1.807, 2.05) is 12.1 Å². The summed E-state index contributed by atoms with van der Waals surface area (Å²) in [4.78, 5) is 0. The maximum Gasteiger partial charge on any atom is 0.147 e. The SMILES string of the molecule is c1ccc(-c2ccc3c(c2)c2cc(-c4ccccc4)ccc2n3-c2cccc(-c3cccc4oc5ccc6c7ccccc7oc6c5c34)c2)cc1. The van der Waals surface area contributed by atoms with Crippen LogP contribution in [0.15, 0.2) is 185 Å². The number of rotatable bonds is 4. The average molecular weight is 652 g/mol. The van der Waals surface area contributed by atoms with Gasteiger partial charge in [0.2, 0.25) is 0 Å². The Labute approximate surface area is 293 Å². The van der Waals surface area contributed by atoms with E-state index in [1.54, 1.807) is 0 Å². The summed E-state index contributed by atoms with van der Waals surface area (Å²) < 4.78 is 15.4. The van der Waals surface area contributed by atoms with Gasteiger partial charge in [-0.3, -0.25) is 0 Å². The fraction of sp³-hybridized carbons (Fsp3) is 0. The summed E-state index contributed by atoms with van der Waals surface area (Å²) in [6.45, 7) is 0. The number of aromatic nitrogens is 1. The largest absolute Gasteiger partial charge is 0.456 e. The molecule has 0 unspecified atom stereocenters. The van der Waals surface area contributed by atoms with E-state index >= 15 is 0 Å². The number of para-hydroxylation sites is 1. The van der Waals surface area contributed by atoms with Gasteiger partial charge in [-0.05, 0) is 94.0 Å². The number of nitrogens with zero attached hydrogens (tertiary/aromatic N) is 1. The lowest BCUT2D eigenvalue weighted by molar-refractivity contribution is 0.663. The van der Waals surface area contributed by atoms with Crippen molar-refractivity contribution in [3.8, 4) is 39.1 Å². The van der Waals surface area contributed by atoms with Gasteiger partial charge in [0.05, 0.1) is 16.4 Å². The highest BCUT2D eigenvalue weighted by Gasteiger charge is 2.20. The summed E-state index contributed by atoms with van der Waals surface area (Å²) in [5.41, 5.74) is 13.9. The quantitative estimate of drug-likeness (QED) is 0.190. The van der Waals surface area contributed by atoms with Crippen LogP contribution >= 0.6 is 0 Å². The molecule has 0 N–H and O–H groups in total. The minimum Gasteiger partial charge on any atom is -0.456 e. The van der Waals surface area contributed by atoms with Crippen LogP contribution < -0.4 is 0 Å². The van der Waals surface area contributed by atoms with Crippen molar-refractivity contribution < 1.29 is 8.83 Å². The first-order chi connectivity index (χ1) is 25.3. The van der Waals surface area contributed by atoms with Crippen LogP contribution in [0, 0.1) is 0 Å². The van der Waals surface area contributed by atoms with Gasteiger partial charge in [-0.15, -0.1) is 0 Å². The van der Waals surface area contributed by atoms with E-state index in [2.05, 4.69) is 168 Å². The highest BCUT2D eigenvalue weighted by Crippen LogP contribution is 2.44. The molecular weight excluding hydrogens is 623 g/mol. The monoisotopic (exact) mass is 651 g/mol. The molecule has 3 heterocycles. The zero-order valence-electron chi connectivity index (χ0n) is 27.5. The van der Waals surface area contributed by atoms with Gasteiger partial charge in [0.1, 0.15) is 22.3 Å². The lowest BCUT2D eigenvalue weighted by Gasteiger charge is -2.12. The highest BCUT2D eigenvalue weighted by molar-refractivity contribution is 6.25. The summed E-state index contributed by atoms with van der Waals surface area (Å²) >= 11 is 0. The first-order valence-electron chi connectivity index (χ1n) is 17.3. The van der Waals surface area contributed by atoms with Crippen molar-refractivity contribution in [2.75, 3.05) is 0 Å². The predicted molar refractivity (Wildman–Crippen MR) is 212 cm³/mol. The Bertz CT molecular complexity index is 3030. The minimum atomic E-state index is 0.825. The van der Waals surface area contributed by atoms with E-state index < -0.39 is 0 Å². The van der Waals surface area contributed by atoms with Gasteiger partial charge in [0.25, 0.3) is 0 Å². The number of benzene rings is 8. The Morgan fingerprint density at radius 1 is 0.333 bits per heavy atom. The van der Waals surface area contributed by atoms with Crippen molar-refractivity contribution in [1.82, 2.24) is 4.57 Å². The standard InChI is InChI=1S/C48H29NO2/c1-3-11-30(12-4-1)32-21-24-41-39(28-32)40-29-33(31-13-5-2-6-14-31)22-25-42(40)49(41)35-16-9-15-34(27-35)36-18-10-20-44-46(36)47-45(50-44)26-23-38-37-17-7-8-19-43(37)51-48(38)47/h1-29H. The second kappa shape index (κ2) is 10.8.